The fourth-order valence-electron chi connectivity index (χ4n) is 3.95. The minimum atomic E-state index is -0.946. The van der Waals surface area contributed by atoms with E-state index < -0.39 is 5.97 Å². The Labute approximate surface area is 169 Å². The summed E-state index contributed by atoms with van der Waals surface area (Å²) in [5.41, 5.74) is 5.82. The van der Waals surface area contributed by atoms with Crippen LogP contribution in [0.1, 0.15) is 51.8 Å². The Balaban J connectivity index is 1.56. The van der Waals surface area contributed by atoms with Gasteiger partial charge in [-0.2, -0.15) is 5.10 Å². The first-order valence-corrected chi connectivity index (χ1v) is 9.68. The number of carbonyl (C=O) groups excluding carboxylic acids is 1. The molecule has 0 radical (unpaired) electrons. The van der Waals surface area contributed by atoms with Gasteiger partial charge in [-0.15, -0.1) is 0 Å². The standard InChI is InChI=1S/C23H23N3O3/c1-14-22(23(28)29)15(2)26(25-14)13-16-4-3-5-19(12-16)17-6-8-18(9-7-17)20-10-11-21(27)24-20/h3-9,12,20H,10-11,13H2,1-2H3,(H,24,27)(H,28,29). The fourth-order valence-corrected chi connectivity index (χ4v) is 3.95. The second-order valence-electron chi connectivity index (χ2n) is 7.49. The number of aromatic nitrogens is 2. The molecular formula is C23H23N3O3. The van der Waals surface area contributed by atoms with Crippen LogP contribution in [-0.4, -0.2) is 26.8 Å². The molecule has 6 nitrogen and oxygen atoms in total. The Kier molecular flexibility index (Phi) is 4.92. The number of hydrogen-bond donors (Lipinski definition) is 2. The van der Waals surface area contributed by atoms with Crippen molar-refractivity contribution in [3.8, 4) is 11.1 Å². The molecule has 0 saturated carbocycles. The van der Waals surface area contributed by atoms with Gasteiger partial charge in [-0.25, -0.2) is 4.79 Å². The minimum Gasteiger partial charge on any atom is -0.478 e. The summed E-state index contributed by atoms with van der Waals surface area (Å²) in [5.74, 6) is -0.833. The molecule has 4 rings (SSSR count). The van der Waals surface area contributed by atoms with Gasteiger partial charge in [-0.05, 0) is 48.6 Å². The van der Waals surface area contributed by atoms with Crippen LogP contribution in [0.25, 0.3) is 11.1 Å². The van der Waals surface area contributed by atoms with Gasteiger partial charge in [0.2, 0.25) is 5.91 Å². The first kappa shape index (κ1) is 18.9. The smallest absolute Gasteiger partial charge is 0.339 e. The van der Waals surface area contributed by atoms with Crippen molar-refractivity contribution in [1.29, 1.82) is 0 Å². The Morgan fingerprint density at radius 3 is 2.55 bits per heavy atom. The third-order valence-electron chi connectivity index (χ3n) is 5.50. The van der Waals surface area contributed by atoms with Crippen molar-refractivity contribution in [2.45, 2.75) is 39.3 Å². The normalized spacial score (nSPS) is 16.1. The molecule has 148 valence electrons. The lowest BCUT2D eigenvalue weighted by Crippen LogP contribution is -2.18. The highest BCUT2D eigenvalue weighted by Crippen LogP contribution is 2.27. The molecule has 1 fully saturated rings. The van der Waals surface area contributed by atoms with Crippen LogP contribution in [0.2, 0.25) is 0 Å². The maximum atomic E-state index is 11.4. The molecule has 6 heteroatoms. The lowest BCUT2D eigenvalue weighted by molar-refractivity contribution is -0.119. The SMILES string of the molecule is Cc1nn(Cc2cccc(-c3ccc(C4CCC(=O)N4)cc3)c2)c(C)c1C(=O)O. The van der Waals surface area contributed by atoms with Gasteiger partial charge in [0.25, 0.3) is 0 Å². The van der Waals surface area contributed by atoms with Crippen LogP contribution in [0.3, 0.4) is 0 Å². The first-order valence-electron chi connectivity index (χ1n) is 9.68. The van der Waals surface area contributed by atoms with Crippen molar-refractivity contribution >= 4 is 11.9 Å². The van der Waals surface area contributed by atoms with Crippen molar-refractivity contribution in [2.75, 3.05) is 0 Å². The maximum Gasteiger partial charge on any atom is 0.339 e. The predicted octanol–water partition coefficient (Wildman–Crippen LogP) is 3.86. The molecule has 3 aromatic rings. The number of carboxylic acid groups (broad SMARTS) is 1. The summed E-state index contributed by atoms with van der Waals surface area (Å²) in [5, 5.41) is 16.7. The zero-order valence-corrected chi connectivity index (χ0v) is 16.5. The molecule has 1 unspecified atom stereocenters. The second-order valence-corrected chi connectivity index (χ2v) is 7.49. The van der Waals surface area contributed by atoms with Gasteiger partial charge in [-0.1, -0.05) is 42.5 Å². The van der Waals surface area contributed by atoms with Crippen LogP contribution in [-0.2, 0) is 11.3 Å². The summed E-state index contributed by atoms with van der Waals surface area (Å²) in [4.78, 5) is 22.8. The summed E-state index contributed by atoms with van der Waals surface area (Å²) in [6.45, 7) is 4.02. The number of nitrogens with zero attached hydrogens (tertiary/aromatic N) is 2. The number of rotatable bonds is 5. The largest absolute Gasteiger partial charge is 0.478 e. The quantitative estimate of drug-likeness (QED) is 0.694. The molecule has 0 bridgehead atoms. The highest BCUT2D eigenvalue weighted by molar-refractivity contribution is 5.90. The Hall–Kier alpha value is -3.41. The van der Waals surface area contributed by atoms with Gasteiger partial charge >= 0.3 is 5.97 Å². The van der Waals surface area contributed by atoms with Crippen LogP contribution in [0, 0.1) is 13.8 Å². The molecule has 1 aliphatic rings. The van der Waals surface area contributed by atoms with Crippen LogP contribution in [0.4, 0.5) is 0 Å². The number of aryl methyl sites for hydroxylation is 1. The maximum absolute atomic E-state index is 11.4. The van der Waals surface area contributed by atoms with Crippen molar-refractivity contribution in [1.82, 2.24) is 15.1 Å². The highest BCUT2D eigenvalue weighted by Gasteiger charge is 2.22. The van der Waals surface area contributed by atoms with Gasteiger partial charge in [0.15, 0.2) is 0 Å². The Morgan fingerprint density at radius 2 is 1.93 bits per heavy atom. The van der Waals surface area contributed by atoms with E-state index in [0.29, 0.717) is 24.4 Å². The topological polar surface area (TPSA) is 84.2 Å². The van der Waals surface area contributed by atoms with E-state index >= 15 is 0 Å². The molecule has 1 aliphatic heterocycles. The average molecular weight is 389 g/mol. The van der Waals surface area contributed by atoms with Gasteiger partial charge in [0, 0.05) is 6.42 Å². The molecule has 2 aromatic carbocycles. The molecule has 0 aliphatic carbocycles. The van der Waals surface area contributed by atoms with Crippen molar-refractivity contribution in [3.05, 3.63) is 76.6 Å². The average Bonchev–Trinajstić information content (AvgIpc) is 3.25. The molecule has 1 saturated heterocycles. The van der Waals surface area contributed by atoms with E-state index in [-0.39, 0.29) is 17.5 Å². The number of amides is 1. The van der Waals surface area contributed by atoms with Gasteiger partial charge in [0.1, 0.15) is 5.56 Å². The molecule has 2 N–H and O–H groups in total. The predicted molar refractivity (Wildman–Crippen MR) is 110 cm³/mol. The number of carbonyl (C=O) groups is 2. The Bertz CT molecular complexity index is 1080. The minimum absolute atomic E-state index is 0.109. The van der Waals surface area contributed by atoms with Gasteiger partial charge in [0.05, 0.1) is 24.0 Å². The highest BCUT2D eigenvalue weighted by atomic mass is 16.4. The molecular weight excluding hydrogens is 366 g/mol. The lowest BCUT2D eigenvalue weighted by Gasteiger charge is -2.12. The van der Waals surface area contributed by atoms with Crippen molar-refractivity contribution < 1.29 is 14.7 Å². The van der Waals surface area contributed by atoms with Gasteiger partial charge in [-0.3, -0.25) is 9.48 Å². The number of carboxylic acids is 1. The van der Waals surface area contributed by atoms with Crippen LogP contribution in [0.15, 0.2) is 48.5 Å². The number of hydrogen-bond acceptors (Lipinski definition) is 3. The summed E-state index contributed by atoms with van der Waals surface area (Å²) in [6.07, 6.45) is 1.43. The summed E-state index contributed by atoms with van der Waals surface area (Å²) in [6, 6.07) is 16.6. The zero-order chi connectivity index (χ0) is 20.5. The van der Waals surface area contributed by atoms with E-state index in [1.54, 1.807) is 18.5 Å². The number of nitrogens with one attached hydrogen (secondary N) is 1. The van der Waals surface area contributed by atoms with E-state index in [2.05, 4.69) is 46.8 Å². The number of benzene rings is 2. The van der Waals surface area contributed by atoms with Crippen LogP contribution in [0.5, 0.6) is 0 Å². The van der Waals surface area contributed by atoms with Gasteiger partial charge < -0.3 is 10.4 Å². The molecule has 29 heavy (non-hydrogen) atoms. The lowest BCUT2D eigenvalue weighted by atomic mass is 9.99. The molecule has 1 aromatic heterocycles. The first-order chi connectivity index (χ1) is 13.9. The van der Waals surface area contributed by atoms with E-state index in [1.165, 1.54) is 0 Å². The van der Waals surface area contributed by atoms with E-state index in [0.717, 1.165) is 28.7 Å². The molecule has 1 amide bonds. The Morgan fingerprint density at radius 1 is 1.17 bits per heavy atom. The fraction of sp³-hybridized carbons (Fsp3) is 0.261. The third-order valence-corrected chi connectivity index (χ3v) is 5.50. The molecule has 1 atom stereocenters. The second kappa shape index (κ2) is 7.54. The van der Waals surface area contributed by atoms with Crippen LogP contribution >= 0.6 is 0 Å². The van der Waals surface area contributed by atoms with E-state index in [9.17, 15) is 14.7 Å². The van der Waals surface area contributed by atoms with Crippen LogP contribution < -0.4 is 5.32 Å². The number of aromatic carboxylic acids is 1. The summed E-state index contributed by atoms with van der Waals surface area (Å²) < 4.78 is 1.74. The van der Waals surface area contributed by atoms with E-state index in [1.807, 2.05) is 12.1 Å². The molecule has 2 heterocycles. The van der Waals surface area contributed by atoms with E-state index in [4.69, 9.17) is 0 Å². The van der Waals surface area contributed by atoms with Crippen molar-refractivity contribution in [2.24, 2.45) is 0 Å². The third kappa shape index (κ3) is 3.78. The summed E-state index contributed by atoms with van der Waals surface area (Å²) >= 11 is 0. The molecule has 0 spiro atoms. The zero-order valence-electron chi connectivity index (χ0n) is 16.5. The van der Waals surface area contributed by atoms with Crippen molar-refractivity contribution in [3.63, 3.8) is 0 Å². The summed E-state index contributed by atoms with van der Waals surface area (Å²) in [7, 11) is 0. The monoisotopic (exact) mass is 389 g/mol.